The molecule has 0 radical (unpaired) electrons. The third kappa shape index (κ3) is 4.23. The van der Waals surface area contributed by atoms with Crippen molar-refractivity contribution < 1.29 is 8.83 Å². The summed E-state index contributed by atoms with van der Waals surface area (Å²) < 4.78 is 17.8. The zero-order chi connectivity index (χ0) is 38.8. The van der Waals surface area contributed by atoms with Crippen LogP contribution in [-0.2, 0) is 0 Å². The molecule has 0 amide bonds. The number of para-hydroxylation sites is 2. The van der Waals surface area contributed by atoms with Crippen LogP contribution in [0.1, 0.15) is 11.1 Å². The lowest BCUT2D eigenvalue weighted by atomic mass is 9.97. The molecule has 0 atom stereocenters. The van der Waals surface area contributed by atoms with Crippen LogP contribution in [0.5, 0.6) is 0 Å². The van der Waals surface area contributed by atoms with Crippen LogP contribution in [0.3, 0.4) is 0 Å². The Morgan fingerprint density at radius 2 is 0.879 bits per heavy atom. The van der Waals surface area contributed by atoms with Gasteiger partial charge in [-0.25, -0.2) is 9.69 Å². The van der Waals surface area contributed by atoms with Crippen LogP contribution in [-0.4, -0.2) is 9.13 Å². The van der Waals surface area contributed by atoms with E-state index in [-0.39, 0.29) is 0 Å². The minimum absolute atomic E-state index is 0.383. The van der Waals surface area contributed by atoms with Gasteiger partial charge in [0.15, 0.2) is 0 Å². The smallest absolute Gasteiger partial charge is 0.201 e. The van der Waals surface area contributed by atoms with E-state index in [0.29, 0.717) is 22.7 Å². The molecule has 6 nitrogen and oxygen atoms in total. The summed E-state index contributed by atoms with van der Waals surface area (Å²) in [4.78, 5) is 8.42. The molecule has 0 unspecified atom stereocenters. The maximum Gasteiger partial charge on any atom is 0.201 e. The first-order chi connectivity index (χ1) is 28.5. The maximum atomic E-state index is 8.72. The second-order valence-corrected chi connectivity index (χ2v) is 15.2. The number of aromatic nitrogens is 2. The van der Waals surface area contributed by atoms with E-state index in [4.69, 9.17) is 22.0 Å². The average Bonchev–Trinajstić information content (AvgIpc) is 4.00. The molecule has 6 heteroatoms. The zero-order valence-electron chi connectivity index (χ0n) is 31.5. The molecule has 12 aromatic rings. The van der Waals surface area contributed by atoms with Crippen molar-refractivity contribution in [2.24, 2.45) is 0 Å². The van der Waals surface area contributed by atoms with Crippen molar-refractivity contribution >= 4 is 98.9 Å². The van der Waals surface area contributed by atoms with Crippen molar-refractivity contribution in [2.45, 2.75) is 13.8 Å². The molecule has 0 fully saturated rings. The Morgan fingerprint density at radius 3 is 1.36 bits per heavy atom. The van der Waals surface area contributed by atoms with Gasteiger partial charge >= 0.3 is 0 Å². The van der Waals surface area contributed by atoms with Gasteiger partial charge in [0.1, 0.15) is 22.3 Å². The predicted molar refractivity (Wildman–Crippen MR) is 237 cm³/mol. The van der Waals surface area contributed by atoms with Crippen LogP contribution in [0, 0.1) is 27.0 Å². The summed E-state index contributed by atoms with van der Waals surface area (Å²) in [6.45, 7) is 21.6. The zero-order valence-corrected chi connectivity index (χ0v) is 31.5. The molecule has 0 aliphatic carbocycles. The van der Waals surface area contributed by atoms with Crippen molar-refractivity contribution in [3.63, 3.8) is 0 Å². The summed E-state index contributed by atoms with van der Waals surface area (Å²) in [5, 5.41) is 8.23. The predicted octanol–water partition coefficient (Wildman–Crippen LogP) is 15.1. The monoisotopic (exact) mass is 742 g/mol. The van der Waals surface area contributed by atoms with E-state index in [1.165, 1.54) is 0 Å². The fraction of sp³-hybridized carbons (Fsp3) is 0.0385. The first kappa shape index (κ1) is 32.2. The van der Waals surface area contributed by atoms with Gasteiger partial charge in [0.25, 0.3) is 0 Å². The number of benzene rings is 8. The fourth-order valence-electron chi connectivity index (χ4n) is 9.42. The number of nitrogens with zero attached hydrogens (tertiary/aromatic N) is 4. The largest absolute Gasteiger partial charge is 0.455 e. The van der Waals surface area contributed by atoms with Crippen LogP contribution < -0.4 is 0 Å². The third-order valence-electron chi connectivity index (χ3n) is 11.8. The Bertz CT molecular complexity index is 3610. The molecule has 12 rings (SSSR count). The molecule has 0 bridgehead atoms. The van der Waals surface area contributed by atoms with Crippen molar-refractivity contribution in [3.8, 4) is 22.5 Å². The average molecular weight is 743 g/mol. The van der Waals surface area contributed by atoms with Gasteiger partial charge in [-0.1, -0.05) is 90.0 Å². The van der Waals surface area contributed by atoms with Gasteiger partial charge in [0, 0.05) is 37.9 Å². The van der Waals surface area contributed by atoms with E-state index in [1.807, 2.05) is 54.6 Å². The van der Waals surface area contributed by atoms with Gasteiger partial charge in [-0.15, -0.1) is 0 Å². The van der Waals surface area contributed by atoms with Gasteiger partial charge in [-0.2, -0.15) is 0 Å². The first-order valence-corrected chi connectivity index (χ1v) is 19.2. The van der Waals surface area contributed by atoms with Crippen molar-refractivity contribution in [1.82, 2.24) is 9.13 Å². The minimum Gasteiger partial charge on any atom is -0.455 e. The van der Waals surface area contributed by atoms with Gasteiger partial charge in [0.2, 0.25) is 11.4 Å². The summed E-state index contributed by atoms with van der Waals surface area (Å²) in [6, 6.07) is 49.8. The number of hydrogen-bond acceptors (Lipinski definition) is 2. The van der Waals surface area contributed by atoms with Crippen LogP contribution in [0.25, 0.3) is 120 Å². The number of fused-ring (bicyclic) bond motifs is 14. The number of rotatable bonds is 3. The Labute approximate surface area is 331 Å². The first-order valence-electron chi connectivity index (χ1n) is 19.2. The molecule has 4 heterocycles. The van der Waals surface area contributed by atoms with Crippen LogP contribution in [0.2, 0.25) is 0 Å². The van der Waals surface area contributed by atoms with Gasteiger partial charge in [0.05, 0.1) is 57.4 Å². The van der Waals surface area contributed by atoms with Crippen molar-refractivity contribution in [2.75, 3.05) is 0 Å². The second kappa shape index (κ2) is 11.7. The number of furan rings is 2. The van der Waals surface area contributed by atoms with E-state index in [0.717, 1.165) is 110 Å². The van der Waals surface area contributed by atoms with E-state index in [9.17, 15) is 0 Å². The van der Waals surface area contributed by atoms with Crippen LogP contribution in [0.15, 0.2) is 154 Å². The highest BCUT2D eigenvalue weighted by atomic mass is 16.3. The lowest BCUT2D eigenvalue weighted by Gasteiger charge is -2.23. The highest BCUT2D eigenvalue weighted by Crippen LogP contribution is 2.51. The van der Waals surface area contributed by atoms with Crippen molar-refractivity contribution in [3.05, 3.63) is 180 Å². The van der Waals surface area contributed by atoms with Crippen LogP contribution >= 0.6 is 0 Å². The summed E-state index contributed by atoms with van der Waals surface area (Å²) >= 11 is 0. The fourth-order valence-corrected chi connectivity index (χ4v) is 9.42. The Hall–Kier alpha value is -8.06. The normalized spacial score (nSPS) is 11.9. The molecule has 8 aromatic carbocycles. The standard InChI is InChI=1S/C52H30N4O2/c1-29-18-22-40-36(26-29)47-42(24-20-34-32-14-8-10-16-44(32)57-51(34)47)55(40)49-38(53-3)28-39(54-4)50(46(49)31-12-6-5-7-13-31)56-41-23-19-30(2)27-37(41)48-43(56)25-21-35-33-15-9-11-17-45(33)58-52(35)48/h5-28H,1-2H3. The van der Waals surface area contributed by atoms with Gasteiger partial charge in [-0.3, -0.25) is 0 Å². The van der Waals surface area contributed by atoms with E-state index >= 15 is 0 Å². The number of hydrogen-bond donors (Lipinski definition) is 0. The molecule has 0 spiro atoms. The summed E-state index contributed by atoms with van der Waals surface area (Å²) in [5.74, 6) is 0. The van der Waals surface area contributed by atoms with Gasteiger partial charge < -0.3 is 18.0 Å². The second-order valence-electron chi connectivity index (χ2n) is 15.2. The van der Waals surface area contributed by atoms with Crippen molar-refractivity contribution in [1.29, 1.82) is 0 Å². The molecule has 58 heavy (non-hydrogen) atoms. The summed E-state index contributed by atoms with van der Waals surface area (Å²) in [6.07, 6.45) is 0. The van der Waals surface area contributed by atoms with E-state index < -0.39 is 0 Å². The maximum absolute atomic E-state index is 8.72. The van der Waals surface area contributed by atoms with Gasteiger partial charge in [-0.05, 0) is 86.1 Å². The van der Waals surface area contributed by atoms with E-state index in [1.54, 1.807) is 6.07 Å². The molecule has 4 aromatic heterocycles. The molecule has 0 aliphatic heterocycles. The number of aryl methyl sites for hydroxylation is 2. The SMILES string of the molecule is [C-]#[N+]c1cc([N+]#[C-])c(-n2c3ccc(C)cc3c3c4oc5ccccc5c4ccc32)c(-c2ccccc2)c1-n1c2ccc(C)cc2c2c3oc4ccccc4c3ccc21. The summed E-state index contributed by atoms with van der Waals surface area (Å²) in [7, 11) is 0. The lowest BCUT2D eigenvalue weighted by molar-refractivity contribution is 0.672. The Balaban J connectivity index is 1.30. The Morgan fingerprint density at radius 1 is 0.431 bits per heavy atom. The molecular weight excluding hydrogens is 713 g/mol. The topological polar surface area (TPSA) is 44.9 Å². The molecule has 0 saturated carbocycles. The summed E-state index contributed by atoms with van der Waals surface area (Å²) in [5.41, 5.74) is 13.1. The van der Waals surface area contributed by atoms with Crippen LogP contribution in [0.4, 0.5) is 11.4 Å². The molecule has 0 saturated heterocycles. The molecule has 0 aliphatic rings. The Kier molecular flexibility index (Phi) is 6.51. The molecule has 270 valence electrons. The lowest BCUT2D eigenvalue weighted by Crippen LogP contribution is -2.04. The molecular formula is C52H30N4O2. The van der Waals surface area contributed by atoms with E-state index in [2.05, 4.69) is 118 Å². The molecule has 0 N–H and O–H groups in total. The quantitative estimate of drug-likeness (QED) is 0.169. The third-order valence-corrected chi connectivity index (χ3v) is 11.8. The minimum atomic E-state index is 0.383. The highest BCUT2D eigenvalue weighted by Gasteiger charge is 2.29. The highest BCUT2D eigenvalue weighted by molar-refractivity contribution is 6.26.